The minimum atomic E-state index is 0.473. The van der Waals surface area contributed by atoms with E-state index in [1.807, 2.05) is 0 Å². The highest BCUT2D eigenvalue weighted by Crippen LogP contribution is 2.36. The van der Waals surface area contributed by atoms with Crippen molar-refractivity contribution in [2.24, 2.45) is 5.41 Å². The second-order valence-electron chi connectivity index (χ2n) is 6.52. The summed E-state index contributed by atoms with van der Waals surface area (Å²) in [5.74, 6) is 1.06. The Hall–Kier alpha value is -0.800. The molecule has 0 aliphatic heterocycles. The van der Waals surface area contributed by atoms with E-state index in [0.717, 1.165) is 25.4 Å². The molecule has 0 spiro atoms. The van der Waals surface area contributed by atoms with Crippen LogP contribution in [0.2, 0.25) is 0 Å². The van der Waals surface area contributed by atoms with Gasteiger partial charge in [-0.15, -0.1) is 0 Å². The number of aryl methyl sites for hydroxylation is 1. The lowest BCUT2D eigenvalue weighted by atomic mass is 9.73. The molecule has 114 valence electrons. The van der Waals surface area contributed by atoms with E-state index in [4.69, 9.17) is 4.42 Å². The fourth-order valence-electron chi connectivity index (χ4n) is 3.58. The Morgan fingerprint density at radius 1 is 1.30 bits per heavy atom. The van der Waals surface area contributed by atoms with Gasteiger partial charge in [0.1, 0.15) is 5.76 Å². The predicted molar refractivity (Wildman–Crippen MR) is 83.8 cm³/mol. The molecule has 1 saturated carbocycles. The van der Waals surface area contributed by atoms with Crippen LogP contribution in [0.3, 0.4) is 0 Å². The van der Waals surface area contributed by atoms with Crippen LogP contribution >= 0.6 is 0 Å². The van der Waals surface area contributed by atoms with E-state index in [1.165, 1.54) is 44.2 Å². The third kappa shape index (κ3) is 4.10. The Balaban J connectivity index is 1.94. The summed E-state index contributed by atoms with van der Waals surface area (Å²) in [7, 11) is 2.24. The van der Waals surface area contributed by atoms with E-state index in [9.17, 15) is 0 Å². The van der Waals surface area contributed by atoms with Gasteiger partial charge in [0.25, 0.3) is 0 Å². The Kier molecular flexibility index (Phi) is 5.67. The standard InChI is InChI=1S/C17H30N2O/c1-4-18-13-17(9-6-5-7-10-17)14-19(3)12-16-8-11-20-15(16)2/h8,11,18H,4-7,9-10,12-14H2,1-3H3. The molecule has 1 aromatic heterocycles. The third-order valence-corrected chi connectivity index (χ3v) is 4.68. The first-order chi connectivity index (χ1) is 9.65. The number of rotatable bonds is 7. The first kappa shape index (κ1) is 15.6. The number of furan rings is 1. The smallest absolute Gasteiger partial charge is 0.105 e. The average Bonchev–Trinajstić information content (AvgIpc) is 2.83. The van der Waals surface area contributed by atoms with Crippen LogP contribution < -0.4 is 5.32 Å². The zero-order valence-electron chi connectivity index (χ0n) is 13.4. The minimum absolute atomic E-state index is 0.473. The van der Waals surface area contributed by atoms with Gasteiger partial charge < -0.3 is 14.6 Å². The van der Waals surface area contributed by atoms with E-state index in [1.54, 1.807) is 6.26 Å². The molecular weight excluding hydrogens is 248 g/mol. The first-order valence-corrected chi connectivity index (χ1v) is 8.07. The van der Waals surface area contributed by atoms with Gasteiger partial charge in [0.05, 0.1) is 6.26 Å². The summed E-state index contributed by atoms with van der Waals surface area (Å²) < 4.78 is 5.41. The van der Waals surface area contributed by atoms with Gasteiger partial charge in [0.15, 0.2) is 0 Å². The zero-order valence-corrected chi connectivity index (χ0v) is 13.4. The van der Waals surface area contributed by atoms with Gasteiger partial charge in [-0.2, -0.15) is 0 Å². The van der Waals surface area contributed by atoms with Gasteiger partial charge in [-0.3, -0.25) is 0 Å². The molecule has 20 heavy (non-hydrogen) atoms. The highest BCUT2D eigenvalue weighted by atomic mass is 16.3. The van der Waals surface area contributed by atoms with E-state index in [2.05, 4.69) is 37.2 Å². The first-order valence-electron chi connectivity index (χ1n) is 8.07. The van der Waals surface area contributed by atoms with Crippen LogP contribution in [-0.4, -0.2) is 31.6 Å². The van der Waals surface area contributed by atoms with Gasteiger partial charge in [0.2, 0.25) is 0 Å². The summed E-state index contributed by atoms with van der Waals surface area (Å²) in [6, 6.07) is 2.10. The quantitative estimate of drug-likeness (QED) is 0.826. The SMILES string of the molecule is CCNCC1(CN(C)Cc2ccoc2C)CCCCC1. The Morgan fingerprint density at radius 2 is 2.05 bits per heavy atom. The van der Waals surface area contributed by atoms with Crippen LogP contribution in [0.1, 0.15) is 50.4 Å². The topological polar surface area (TPSA) is 28.4 Å². The van der Waals surface area contributed by atoms with Crippen LogP contribution in [0.15, 0.2) is 16.7 Å². The highest BCUT2D eigenvalue weighted by molar-refractivity contribution is 5.15. The van der Waals surface area contributed by atoms with E-state index in [-0.39, 0.29) is 0 Å². The minimum Gasteiger partial charge on any atom is -0.469 e. The summed E-state index contributed by atoms with van der Waals surface area (Å²) in [6.07, 6.45) is 8.74. The third-order valence-electron chi connectivity index (χ3n) is 4.68. The van der Waals surface area contributed by atoms with Gasteiger partial charge in [0, 0.05) is 25.2 Å². The molecule has 0 radical (unpaired) electrons. The summed E-state index contributed by atoms with van der Waals surface area (Å²) in [4.78, 5) is 2.47. The zero-order chi connectivity index (χ0) is 14.4. The average molecular weight is 278 g/mol. The lowest BCUT2D eigenvalue weighted by molar-refractivity contribution is 0.114. The number of nitrogens with zero attached hydrogens (tertiary/aromatic N) is 1. The number of nitrogens with one attached hydrogen (secondary N) is 1. The molecule has 1 heterocycles. The fourth-order valence-corrected chi connectivity index (χ4v) is 3.58. The van der Waals surface area contributed by atoms with Crippen molar-refractivity contribution in [1.29, 1.82) is 0 Å². The van der Waals surface area contributed by atoms with Crippen molar-refractivity contribution < 1.29 is 4.42 Å². The highest BCUT2D eigenvalue weighted by Gasteiger charge is 2.32. The fraction of sp³-hybridized carbons (Fsp3) is 0.765. The molecule has 0 unspecified atom stereocenters. The summed E-state index contributed by atoms with van der Waals surface area (Å²) in [6.45, 7) is 8.68. The molecule has 0 saturated heterocycles. The van der Waals surface area contributed by atoms with Crippen LogP contribution in [0, 0.1) is 12.3 Å². The predicted octanol–water partition coefficient (Wildman–Crippen LogP) is 3.58. The normalized spacial score (nSPS) is 18.6. The van der Waals surface area contributed by atoms with Gasteiger partial charge in [-0.25, -0.2) is 0 Å². The lowest BCUT2D eigenvalue weighted by Gasteiger charge is -2.40. The Bertz CT molecular complexity index is 393. The second-order valence-corrected chi connectivity index (χ2v) is 6.52. The van der Waals surface area contributed by atoms with Crippen molar-refractivity contribution in [3.8, 4) is 0 Å². The molecule has 1 N–H and O–H groups in total. The lowest BCUT2D eigenvalue weighted by Crippen LogP contribution is -2.44. The van der Waals surface area contributed by atoms with Gasteiger partial charge >= 0.3 is 0 Å². The van der Waals surface area contributed by atoms with Crippen LogP contribution in [0.25, 0.3) is 0 Å². The van der Waals surface area contributed by atoms with Crippen molar-refractivity contribution in [3.63, 3.8) is 0 Å². The monoisotopic (exact) mass is 278 g/mol. The van der Waals surface area contributed by atoms with Gasteiger partial charge in [-0.1, -0.05) is 26.2 Å². The van der Waals surface area contributed by atoms with Gasteiger partial charge in [-0.05, 0) is 44.8 Å². The molecule has 1 aliphatic carbocycles. The van der Waals surface area contributed by atoms with Crippen molar-refractivity contribution >= 4 is 0 Å². The van der Waals surface area contributed by atoms with E-state index in [0.29, 0.717) is 5.41 Å². The second kappa shape index (κ2) is 7.28. The molecule has 1 fully saturated rings. The summed E-state index contributed by atoms with van der Waals surface area (Å²) in [5, 5.41) is 3.59. The maximum atomic E-state index is 5.41. The molecule has 2 rings (SSSR count). The van der Waals surface area contributed by atoms with Crippen molar-refractivity contribution in [2.75, 3.05) is 26.7 Å². The molecule has 0 aromatic carbocycles. The molecule has 3 nitrogen and oxygen atoms in total. The van der Waals surface area contributed by atoms with Crippen LogP contribution in [0.4, 0.5) is 0 Å². The Morgan fingerprint density at radius 3 is 2.65 bits per heavy atom. The van der Waals surface area contributed by atoms with Crippen LogP contribution in [0.5, 0.6) is 0 Å². The molecule has 0 amide bonds. The summed E-state index contributed by atoms with van der Waals surface area (Å²) >= 11 is 0. The van der Waals surface area contributed by atoms with Crippen LogP contribution in [-0.2, 0) is 6.54 Å². The van der Waals surface area contributed by atoms with E-state index < -0.39 is 0 Å². The summed E-state index contributed by atoms with van der Waals surface area (Å²) in [5.41, 5.74) is 1.79. The van der Waals surface area contributed by atoms with Crippen molar-refractivity contribution in [2.45, 2.75) is 52.5 Å². The molecule has 3 heteroatoms. The molecular formula is C17H30N2O. The number of hydrogen-bond donors (Lipinski definition) is 1. The Labute approximate surface area is 123 Å². The van der Waals surface area contributed by atoms with E-state index >= 15 is 0 Å². The molecule has 0 atom stereocenters. The van der Waals surface area contributed by atoms with Crippen molar-refractivity contribution in [3.05, 3.63) is 23.7 Å². The number of hydrogen-bond acceptors (Lipinski definition) is 3. The molecule has 0 bridgehead atoms. The molecule has 1 aromatic rings. The largest absolute Gasteiger partial charge is 0.469 e. The maximum absolute atomic E-state index is 5.41. The van der Waals surface area contributed by atoms with Crippen molar-refractivity contribution in [1.82, 2.24) is 10.2 Å². The molecule has 1 aliphatic rings. The maximum Gasteiger partial charge on any atom is 0.105 e.